The van der Waals surface area contributed by atoms with Gasteiger partial charge in [0.1, 0.15) is 17.2 Å². The summed E-state index contributed by atoms with van der Waals surface area (Å²) in [6.07, 6.45) is 0.256. The zero-order valence-corrected chi connectivity index (χ0v) is 20.2. The second-order valence-corrected chi connectivity index (χ2v) is 10.4. The molecule has 3 rings (SSSR count). The van der Waals surface area contributed by atoms with E-state index < -0.39 is 7.92 Å². The first-order chi connectivity index (χ1) is 14.9. The van der Waals surface area contributed by atoms with Gasteiger partial charge >= 0.3 is 0 Å². The Balaban J connectivity index is 2.26. The lowest BCUT2D eigenvalue weighted by atomic mass is 10.3. The Kier molecular flexibility index (Phi) is 7.98. The monoisotopic (exact) mass is 436 g/mol. The summed E-state index contributed by atoms with van der Waals surface area (Å²) < 4.78 is 18.7. The molecule has 3 aromatic carbocycles. The molecule has 0 bridgehead atoms. The Labute approximate surface area is 188 Å². The molecule has 0 atom stereocenters. The standard InChI is InChI=1S/C27H33O3P/c1-19(2)28-22-13-7-10-16-25(22)31(26-17-11-8-14-23(26)29-20(3)4)27-18-12-9-15-24(27)30-21(5)6/h7-21H,1-6H3. The van der Waals surface area contributed by atoms with Crippen LogP contribution in [0.3, 0.4) is 0 Å². The fourth-order valence-corrected chi connectivity index (χ4v) is 5.90. The van der Waals surface area contributed by atoms with Gasteiger partial charge in [0, 0.05) is 15.9 Å². The third-order valence-corrected chi connectivity index (χ3v) is 6.96. The molecule has 0 aliphatic carbocycles. The van der Waals surface area contributed by atoms with Crippen molar-refractivity contribution in [3.8, 4) is 17.2 Å². The van der Waals surface area contributed by atoms with Crippen molar-refractivity contribution in [2.24, 2.45) is 0 Å². The topological polar surface area (TPSA) is 27.7 Å². The van der Waals surface area contributed by atoms with Gasteiger partial charge in [0.05, 0.1) is 18.3 Å². The first-order valence-electron chi connectivity index (χ1n) is 10.9. The fraction of sp³-hybridized carbons (Fsp3) is 0.333. The summed E-state index contributed by atoms with van der Waals surface area (Å²) in [6, 6.07) is 25.0. The molecule has 0 amide bonds. The Morgan fingerprint density at radius 2 is 0.710 bits per heavy atom. The Morgan fingerprint density at radius 1 is 0.452 bits per heavy atom. The summed E-state index contributed by atoms with van der Waals surface area (Å²) in [5.74, 6) is 2.71. The highest BCUT2D eigenvalue weighted by Gasteiger charge is 2.27. The maximum absolute atomic E-state index is 6.25. The van der Waals surface area contributed by atoms with E-state index in [0.29, 0.717) is 0 Å². The van der Waals surface area contributed by atoms with Gasteiger partial charge in [0.15, 0.2) is 0 Å². The van der Waals surface area contributed by atoms with Crippen molar-refractivity contribution in [2.45, 2.75) is 59.9 Å². The maximum atomic E-state index is 6.25. The first-order valence-corrected chi connectivity index (χ1v) is 12.3. The summed E-state index contributed by atoms with van der Waals surface area (Å²) in [7, 11) is -0.975. The van der Waals surface area contributed by atoms with E-state index in [9.17, 15) is 0 Å². The number of para-hydroxylation sites is 3. The minimum absolute atomic E-state index is 0.0855. The van der Waals surface area contributed by atoms with Gasteiger partial charge in [-0.1, -0.05) is 54.6 Å². The number of hydrogen-bond donors (Lipinski definition) is 0. The van der Waals surface area contributed by atoms with Gasteiger partial charge < -0.3 is 14.2 Å². The van der Waals surface area contributed by atoms with Crippen molar-refractivity contribution in [2.75, 3.05) is 0 Å². The number of benzene rings is 3. The van der Waals surface area contributed by atoms with Gasteiger partial charge in [-0.25, -0.2) is 0 Å². The molecular weight excluding hydrogens is 403 g/mol. The quantitative estimate of drug-likeness (QED) is 0.397. The van der Waals surface area contributed by atoms with E-state index in [1.165, 1.54) is 0 Å². The molecule has 0 radical (unpaired) electrons. The van der Waals surface area contributed by atoms with Crippen LogP contribution < -0.4 is 30.1 Å². The van der Waals surface area contributed by atoms with Crippen LogP contribution in [0.4, 0.5) is 0 Å². The van der Waals surface area contributed by atoms with E-state index in [0.717, 1.165) is 33.2 Å². The van der Waals surface area contributed by atoms with Crippen LogP contribution in [0.5, 0.6) is 17.2 Å². The number of hydrogen-bond acceptors (Lipinski definition) is 3. The molecular formula is C27H33O3P. The van der Waals surface area contributed by atoms with Crippen LogP contribution in [-0.2, 0) is 0 Å². The van der Waals surface area contributed by atoms with Gasteiger partial charge in [-0.15, -0.1) is 0 Å². The molecule has 0 aliphatic heterocycles. The molecule has 0 saturated heterocycles. The van der Waals surface area contributed by atoms with Crippen molar-refractivity contribution >= 4 is 23.8 Å². The van der Waals surface area contributed by atoms with Gasteiger partial charge in [0.25, 0.3) is 0 Å². The lowest BCUT2D eigenvalue weighted by Crippen LogP contribution is -2.27. The van der Waals surface area contributed by atoms with Crippen LogP contribution in [0.25, 0.3) is 0 Å². The molecule has 164 valence electrons. The van der Waals surface area contributed by atoms with Gasteiger partial charge in [-0.3, -0.25) is 0 Å². The highest BCUT2D eigenvalue weighted by Crippen LogP contribution is 2.42. The zero-order valence-electron chi connectivity index (χ0n) is 19.3. The summed E-state index contributed by atoms with van der Waals surface area (Å²) in [4.78, 5) is 0. The average molecular weight is 437 g/mol. The molecule has 0 fully saturated rings. The molecule has 0 heterocycles. The molecule has 3 aromatic rings. The lowest BCUT2D eigenvalue weighted by molar-refractivity contribution is 0.244. The lowest BCUT2D eigenvalue weighted by Gasteiger charge is -2.27. The molecule has 31 heavy (non-hydrogen) atoms. The van der Waals surface area contributed by atoms with Crippen LogP contribution in [0.1, 0.15) is 41.5 Å². The minimum atomic E-state index is -0.975. The second-order valence-electron chi connectivity index (χ2n) is 8.24. The summed E-state index contributed by atoms with van der Waals surface area (Å²) in [5, 5.41) is 3.47. The van der Waals surface area contributed by atoms with Crippen LogP contribution >= 0.6 is 7.92 Å². The Morgan fingerprint density at radius 3 is 0.968 bits per heavy atom. The van der Waals surface area contributed by atoms with E-state index in [-0.39, 0.29) is 18.3 Å². The predicted molar refractivity (Wildman–Crippen MR) is 132 cm³/mol. The van der Waals surface area contributed by atoms with Crippen LogP contribution in [0.2, 0.25) is 0 Å². The molecule has 0 saturated carbocycles. The van der Waals surface area contributed by atoms with E-state index in [4.69, 9.17) is 14.2 Å². The molecule has 3 nitrogen and oxygen atoms in total. The molecule has 0 spiro atoms. The zero-order chi connectivity index (χ0) is 22.4. The van der Waals surface area contributed by atoms with Crippen LogP contribution in [0, 0.1) is 0 Å². The van der Waals surface area contributed by atoms with Gasteiger partial charge in [-0.2, -0.15) is 0 Å². The molecule has 0 N–H and O–H groups in total. The highest BCUT2D eigenvalue weighted by molar-refractivity contribution is 7.80. The number of rotatable bonds is 9. The second kappa shape index (κ2) is 10.7. The summed E-state index contributed by atoms with van der Waals surface area (Å²) in [6.45, 7) is 12.4. The molecule has 4 heteroatoms. The van der Waals surface area contributed by atoms with E-state index in [2.05, 4.69) is 96.1 Å². The normalized spacial score (nSPS) is 11.4. The van der Waals surface area contributed by atoms with E-state index >= 15 is 0 Å². The van der Waals surface area contributed by atoms with Crippen molar-refractivity contribution in [3.63, 3.8) is 0 Å². The van der Waals surface area contributed by atoms with E-state index in [1.54, 1.807) is 0 Å². The smallest absolute Gasteiger partial charge is 0.128 e. The van der Waals surface area contributed by atoms with Crippen molar-refractivity contribution in [1.29, 1.82) is 0 Å². The highest BCUT2D eigenvalue weighted by atomic mass is 31.1. The third kappa shape index (κ3) is 6.02. The van der Waals surface area contributed by atoms with Crippen molar-refractivity contribution < 1.29 is 14.2 Å². The largest absolute Gasteiger partial charge is 0.490 e. The SMILES string of the molecule is CC(C)Oc1ccccc1P(c1ccccc1OC(C)C)c1ccccc1OC(C)C. The maximum Gasteiger partial charge on any atom is 0.128 e. The first kappa shape index (κ1) is 23.2. The van der Waals surface area contributed by atoms with Crippen LogP contribution in [-0.4, -0.2) is 18.3 Å². The van der Waals surface area contributed by atoms with Crippen LogP contribution in [0.15, 0.2) is 72.8 Å². The summed E-state index contributed by atoms with van der Waals surface area (Å²) in [5.41, 5.74) is 0. The molecule has 0 aromatic heterocycles. The fourth-order valence-electron chi connectivity index (χ4n) is 3.38. The van der Waals surface area contributed by atoms with Gasteiger partial charge in [-0.05, 0) is 67.7 Å². The van der Waals surface area contributed by atoms with Crippen molar-refractivity contribution in [1.82, 2.24) is 0 Å². The van der Waals surface area contributed by atoms with Gasteiger partial charge in [0.2, 0.25) is 0 Å². The Hall–Kier alpha value is -2.51. The Bertz CT molecular complexity index is 854. The average Bonchev–Trinajstić information content (AvgIpc) is 2.70. The van der Waals surface area contributed by atoms with E-state index in [1.807, 2.05) is 18.2 Å². The molecule has 0 aliphatic rings. The number of ether oxygens (including phenoxy) is 3. The summed E-state index contributed by atoms with van der Waals surface area (Å²) >= 11 is 0. The molecule has 0 unspecified atom stereocenters. The predicted octanol–water partition coefficient (Wildman–Crippen LogP) is 5.81. The minimum Gasteiger partial charge on any atom is -0.490 e. The third-order valence-electron chi connectivity index (χ3n) is 4.41. The van der Waals surface area contributed by atoms with Crippen molar-refractivity contribution in [3.05, 3.63) is 72.8 Å².